The number of carbonyl (C=O) groups excluding carboxylic acids is 2. The predicted molar refractivity (Wildman–Crippen MR) is 154 cm³/mol. The van der Waals surface area contributed by atoms with Crippen LogP contribution in [0.1, 0.15) is 42.9 Å². The first-order valence-electron chi connectivity index (χ1n) is 13.6. The molecule has 4 rings (SSSR count). The fourth-order valence-corrected chi connectivity index (χ4v) is 5.15. The van der Waals surface area contributed by atoms with Gasteiger partial charge in [0, 0.05) is 31.5 Å². The molecule has 0 fully saturated rings. The Labute approximate surface area is 235 Å². The van der Waals surface area contributed by atoms with Crippen LogP contribution in [0.3, 0.4) is 0 Å². The molecule has 3 aromatic rings. The molecule has 0 heterocycles. The van der Waals surface area contributed by atoms with Crippen LogP contribution in [-0.2, 0) is 20.9 Å². The number of amides is 2. The molecule has 2 atom stereocenters. The van der Waals surface area contributed by atoms with E-state index in [2.05, 4.69) is 34.9 Å². The Balaban J connectivity index is 1.31. The number of aliphatic carboxylic acids is 1. The van der Waals surface area contributed by atoms with Gasteiger partial charge in [0.1, 0.15) is 12.6 Å². The smallest absolute Gasteiger partial charge is 0.407 e. The van der Waals surface area contributed by atoms with Crippen LogP contribution in [-0.4, -0.2) is 60.3 Å². The third-order valence-corrected chi connectivity index (χ3v) is 7.28. The molecule has 0 aliphatic heterocycles. The summed E-state index contributed by atoms with van der Waals surface area (Å²) in [5, 5.41) is 15.1. The molecular formula is C32H37N3O5. The highest BCUT2D eigenvalue weighted by atomic mass is 16.5. The van der Waals surface area contributed by atoms with Crippen LogP contribution < -0.4 is 10.6 Å². The number of nitrogens with zero attached hydrogens (tertiary/aromatic N) is 1. The number of carboxylic acids is 1. The third-order valence-electron chi connectivity index (χ3n) is 7.28. The standard InChI is InChI=1S/C32H37N3O5/c1-21(2)28(17-30(36)33-29(31(37)38)19-35(3)18-22-11-5-4-6-12-22)34-32(39)40-20-27-25-15-9-7-13-23(25)24-14-8-10-16-26(24)27/h4-16,21,27-29H,17-20H2,1-3H3,(H,33,36)(H,34,39)(H,37,38)/t28-,29?/m1/s1. The molecule has 0 saturated carbocycles. The van der Waals surface area contributed by atoms with Gasteiger partial charge in [0.05, 0.1) is 0 Å². The van der Waals surface area contributed by atoms with Crippen molar-refractivity contribution in [2.24, 2.45) is 5.92 Å². The SMILES string of the molecule is CC(C)[C@@H](CC(=O)NC(CN(C)Cc1ccccc1)C(=O)O)NC(=O)OCC1c2ccccc2-c2ccccc21. The van der Waals surface area contributed by atoms with Crippen molar-refractivity contribution in [1.29, 1.82) is 0 Å². The van der Waals surface area contributed by atoms with Gasteiger partial charge >= 0.3 is 12.1 Å². The van der Waals surface area contributed by atoms with Crippen molar-refractivity contribution in [3.05, 3.63) is 95.6 Å². The lowest BCUT2D eigenvalue weighted by Crippen LogP contribution is -2.50. The van der Waals surface area contributed by atoms with Crippen LogP contribution in [0.15, 0.2) is 78.9 Å². The first-order chi connectivity index (χ1) is 19.2. The zero-order valence-corrected chi connectivity index (χ0v) is 23.2. The Morgan fingerprint density at radius 2 is 1.45 bits per heavy atom. The first-order valence-corrected chi connectivity index (χ1v) is 13.6. The summed E-state index contributed by atoms with van der Waals surface area (Å²) in [5.74, 6) is -1.70. The summed E-state index contributed by atoms with van der Waals surface area (Å²) < 4.78 is 5.65. The van der Waals surface area contributed by atoms with Gasteiger partial charge in [-0.1, -0.05) is 92.7 Å². The zero-order valence-electron chi connectivity index (χ0n) is 23.2. The van der Waals surface area contributed by atoms with Crippen LogP contribution >= 0.6 is 0 Å². The number of likely N-dealkylation sites (N-methyl/N-ethyl adjacent to an activating group) is 1. The topological polar surface area (TPSA) is 108 Å². The highest BCUT2D eigenvalue weighted by Crippen LogP contribution is 2.44. The van der Waals surface area contributed by atoms with E-state index in [0.29, 0.717) is 6.54 Å². The predicted octanol–water partition coefficient (Wildman–Crippen LogP) is 4.64. The van der Waals surface area contributed by atoms with E-state index in [0.717, 1.165) is 27.8 Å². The Kier molecular flexibility index (Phi) is 9.56. The van der Waals surface area contributed by atoms with Gasteiger partial charge in [-0.05, 0) is 40.8 Å². The van der Waals surface area contributed by atoms with Gasteiger partial charge in [-0.25, -0.2) is 9.59 Å². The van der Waals surface area contributed by atoms with Crippen molar-refractivity contribution in [1.82, 2.24) is 15.5 Å². The van der Waals surface area contributed by atoms with Crippen molar-refractivity contribution in [3.63, 3.8) is 0 Å². The molecule has 0 saturated heterocycles. The van der Waals surface area contributed by atoms with Gasteiger partial charge in [-0.3, -0.25) is 9.69 Å². The minimum atomic E-state index is -1.11. The van der Waals surface area contributed by atoms with Gasteiger partial charge in [0.15, 0.2) is 0 Å². The number of carbonyl (C=O) groups is 3. The second-order valence-corrected chi connectivity index (χ2v) is 10.7. The molecule has 40 heavy (non-hydrogen) atoms. The molecule has 210 valence electrons. The van der Waals surface area contributed by atoms with E-state index in [1.165, 1.54) is 0 Å². The van der Waals surface area contributed by atoms with Gasteiger partial charge in [-0.2, -0.15) is 0 Å². The minimum absolute atomic E-state index is 0.0615. The summed E-state index contributed by atoms with van der Waals surface area (Å²) in [4.78, 5) is 39.4. The summed E-state index contributed by atoms with van der Waals surface area (Å²) in [6.45, 7) is 4.65. The van der Waals surface area contributed by atoms with E-state index in [9.17, 15) is 19.5 Å². The average molecular weight is 544 g/mol. The Morgan fingerprint density at radius 1 is 0.875 bits per heavy atom. The van der Waals surface area contributed by atoms with Crippen molar-refractivity contribution in [2.45, 2.75) is 44.8 Å². The number of carboxylic acid groups (broad SMARTS) is 1. The molecule has 1 aliphatic carbocycles. The number of hydrogen-bond donors (Lipinski definition) is 3. The number of ether oxygens (including phenoxy) is 1. The largest absolute Gasteiger partial charge is 0.480 e. The molecule has 2 amide bonds. The van der Waals surface area contributed by atoms with Gasteiger partial charge in [0.25, 0.3) is 0 Å². The summed E-state index contributed by atoms with van der Waals surface area (Å²) >= 11 is 0. The van der Waals surface area contributed by atoms with Crippen LogP contribution in [0, 0.1) is 5.92 Å². The maximum Gasteiger partial charge on any atom is 0.407 e. The van der Waals surface area contributed by atoms with Crippen LogP contribution in [0.25, 0.3) is 11.1 Å². The van der Waals surface area contributed by atoms with Crippen LogP contribution in [0.5, 0.6) is 0 Å². The summed E-state index contributed by atoms with van der Waals surface area (Å²) in [6.07, 6.45) is -0.667. The molecule has 8 nitrogen and oxygen atoms in total. The lowest BCUT2D eigenvalue weighted by molar-refractivity contribution is -0.142. The van der Waals surface area contributed by atoms with Gasteiger partial charge in [-0.15, -0.1) is 0 Å². The molecule has 0 spiro atoms. The fourth-order valence-electron chi connectivity index (χ4n) is 5.15. The Bertz CT molecular complexity index is 1280. The Morgan fingerprint density at radius 3 is 2.02 bits per heavy atom. The highest BCUT2D eigenvalue weighted by molar-refractivity contribution is 5.84. The van der Waals surface area contributed by atoms with Crippen LogP contribution in [0.2, 0.25) is 0 Å². The number of benzene rings is 3. The molecule has 0 bridgehead atoms. The van der Waals surface area contributed by atoms with Crippen molar-refractivity contribution < 1.29 is 24.2 Å². The highest BCUT2D eigenvalue weighted by Gasteiger charge is 2.30. The van der Waals surface area contributed by atoms with Crippen molar-refractivity contribution in [3.8, 4) is 11.1 Å². The molecule has 1 unspecified atom stereocenters. The van der Waals surface area contributed by atoms with Crippen LogP contribution in [0.4, 0.5) is 4.79 Å². The quantitative estimate of drug-likeness (QED) is 0.307. The fraction of sp³-hybridized carbons (Fsp3) is 0.344. The summed E-state index contributed by atoms with van der Waals surface area (Å²) in [5.41, 5.74) is 5.58. The zero-order chi connectivity index (χ0) is 28.6. The van der Waals surface area contributed by atoms with Gasteiger partial charge in [0.2, 0.25) is 5.91 Å². The summed E-state index contributed by atoms with van der Waals surface area (Å²) in [7, 11) is 1.81. The van der Waals surface area contributed by atoms with E-state index in [1.807, 2.05) is 80.4 Å². The molecular weight excluding hydrogens is 506 g/mol. The number of alkyl carbamates (subject to hydrolysis) is 1. The Hall–Kier alpha value is -4.17. The van der Waals surface area contributed by atoms with E-state index in [4.69, 9.17) is 4.74 Å². The van der Waals surface area contributed by atoms with E-state index < -0.39 is 30.1 Å². The number of rotatable bonds is 12. The molecule has 0 radical (unpaired) electrons. The maximum atomic E-state index is 12.9. The van der Waals surface area contributed by atoms with Crippen molar-refractivity contribution >= 4 is 18.0 Å². The number of fused-ring (bicyclic) bond motifs is 3. The second-order valence-electron chi connectivity index (χ2n) is 10.7. The number of nitrogens with one attached hydrogen (secondary N) is 2. The molecule has 0 aromatic heterocycles. The minimum Gasteiger partial charge on any atom is -0.480 e. The van der Waals surface area contributed by atoms with E-state index >= 15 is 0 Å². The lowest BCUT2D eigenvalue weighted by Gasteiger charge is -2.25. The van der Waals surface area contributed by atoms with E-state index in [1.54, 1.807) is 0 Å². The molecule has 1 aliphatic rings. The maximum absolute atomic E-state index is 12.9. The van der Waals surface area contributed by atoms with Gasteiger partial charge < -0.3 is 20.5 Å². The third kappa shape index (κ3) is 7.27. The monoisotopic (exact) mass is 543 g/mol. The van der Waals surface area contributed by atoms with Crippen molar-refractivity contribution in [2.75, 3.05) is 20.2 Å². The summed E-state index contributed by atoms with van der Waals surface area (Å²) in [6, 6.07) is 24.3. The molecule has 3 aromatic carbocycles. The second kappa shape index (κ2) is 13.3. The number of hydrogen-bond acceptors (Lipinski definition) is 5. The molecule has 8 heteroatoms. The normalized spacial score (nSPS) is 13.8. The average Bonchev–Trinajstić information content (AvgIpc) is 3.25. The molecule has 3 N–H and O–H groups in total. The first kappa shape index (κ1) is 28.8. The van der Waals surface area contributed by atoms with E-state index in [-0.39, 0.29) is 31.4 Å². The lowest BCUT2D eigenvalue weighted by atomic mass is 9.98.